The van der Waals surface area contributed by atoms with E-state index in [9.17, 15) is 4.79 Å². The molecule has 0 fully saturated rings. The van der Waals surface area contributed by atoms with Crippen LogP contribution in [0.25, 0.3) is 10.9 Å². The summed E-state index contributed by atoms with van der Waals surface area (Å²) in [5.74, 6) is 0. The number of fused-ring (bicyclic) bond motifs is 1. The van der Waals surface area contributed by atoms with Crippen LogP contribution in [0.1, 0.15) is 23.0 Å². The van der Waals surface area contributed by atoms with Crippen molar-refractivity contribution in [2.45, 2.75) is 20.4 Å². The maximum absolute atomic E-state index is 11.1. The zero-order chi connectivity index (χ0) is 11.5. The van der Waals surface area contributed by atoms with Gasteiger partial charge in [0.15, 0.2) is 6.29 Å². The molecule has 2 aromatic rings. The number of carbonyl (C=O) groups is 1. The SMILES string of the molecule is C/C=C/Cn1c(C=O)c(C)c2ccccc21. The van der Waals surface area contributed by atoms with Crippen molar-refractivity contribution in [3.8, 4) is 0 Å². The lowest BCUT2D eigenvalue weighted by Gasteiger charge is -2.03. The molecule has 0 aliphatic rings. The third kappa shape index (κ3) is 1.56. The molecule has 0 saturated heterocycles. The lowest BCUT2D eigenvalue weighted by Crippen LogP contribution is -2.00. The Hall–Kier alpha value is -1.83. The predicted molar refractivity (Wildman–Crippen MR) is 66.9 cm³/mol. The number of nitrogens with zero attached hydrogens (tertiary/aromatic N) is 1. The maximum atomic E-state index is 11.1. The summed E-state index contributed by atoms with van der Waals surface area (Å²) in [5.41, 5.74) is 2.97. The Labute approximate surface area is 95.2 Å². The lowest BCUT2D eigenvalue weighted by molar-refractivity contribution is 0.111. The van der Waals surface area contributed by atoms with Gasteiger partial charge < -0.3 is 4.57 Å². The monoisotopic (exact) mass is 213 g/mol. The van der Waals surface area contributed by atoms with Gasteiger partial charge in [0.1, 0.15) is 0 Å². The fourth-order valence-corrected chi connectivity index (χ4v) is 2.06. The van der Waals surface area contributed by atoms with Crippen molar-refractivity contribution in [2.75, 3.05) is 0 Å². The molecule has 0 aliphatic carbocycles. The third-order valence-electron chi connectivity index (χ3n) is 2.91. The molecule has 0 saturated carbocycles. The van der Waals surface area contributed by atoms with E-state index in [2.05, 4.69) is 22.8 Å². The van der Waals surface area contributed by atoms with Crippen LogP contribution in [0.3, 0.4) is 0 Å². The second kappa shape index (κ2) is 4.35. The predicted octanol–water partition coefficient (Wildman–Crippen LogP) is 3.34. The number of hydrogen-bond donors (Lipinski definition) is 0. The molecule has 1 aromatic heterocycles. The van der Waals surface area contributed by atoms with E-state index in [1.807, 2.05) is 32.1 Å². The van der Waals surface area contributed by atoms with Crippen LogP contribution in [0.4, 0.5) is 0 Å². The molecular weight excluding hydrogens is 198 g/mol. The molecule has 2 heteroatoms. The number of benzene rings is 1. The molecule has 16 heavy (non-hydrogen) atoms. The van der Waals surface area contributed by atoms with E-state index in [4.69, 9.17) is 0 Å². The van der Waals surface area contributed by atoms with Crippen LogP contribution in [0, 0.1) is 6.92 Å². The first kappa shape index (κ1) is 10.7. The Morgan fingerprint density at radius 1 is 1.31 bits per heavy atom. The highest BCUT2D eigenvalue weighted by atomic mass is 16.1. The van der Waals surface area contributed by atoms with Gasteiger partial charge >= 0.3 is 0 Å². The molecule has 1 aromatic carbocycles. The Balaban J connectivity index is 2.72. The molecular formula is C14H15NO. The standard InChI is InChI=1S/C14H15NO/c1-3-4-9-15-13-8-6-5-7-12(13)11(2)14(15)10-16/h3-8,10H,9H2,1-2H3/b4-3+. The van der Waals surface area contributed by atoms with Crippen molar-refractivity contribution >= 4 is 17.2 Å². The van der Waals surface area contributed by atoms with Gasteiger partial charge in [0, 0.05) is 17.4 Å². The summed E-state index contributed by atoms with van der Waals surface area (Å²) in [7, 11) is 0. The molecule has 82 valence electrons. The number of para-hydroxylation sites is 1. The van der Waals surface area contributed by atoms with E-state index in [1.54, 1.807) is 0 Å². The molecule has 0 unspecified atom stereocenters. The van der Waals surface area contributed by atoms with Gasteiger partial charge in [-0.2, -0.15) is 0 Å². The minimum absolute atomic E-state index is 0.749. The van der Waals surface area contributed by atoms with Crippen molar-refractivity contribution < 1.29 is 4.79 Å². The number of allylic oxidation sites excluding steroid dienone is 2. The fourth-order valence-electron chi connectivity index (χ4n) is 2.06. The zero-order valence-electron chi connectivity index (χ0n) is 9.60. The van der Waals surface area contributed by atoms with Crippen LogP contribution in [0.15, 0.2) is 36.4 Å². The molecule has 0 bridgehead atoms. The Kier molecular flexibility index (Phi) is 2.91. The van der Waals surface area contributed by atoms with Crippen molar-refractivity contribution in [3.05, 3.63) is 47.7 Å². The van der Waals surface area contributed by atoms with Gasteiger partial charge in [-0.15, -0.1) is 0 Å². The fraction of sp³-hybridized carbons (Fsp3) is 0.214. The van der Waals surface area contributed by atoms with Gasteiger partial charge in [-0.25, -0.2) is 0 Å². The summed E-state index contributed by atoms with van der Waals surface area (Å²) in [6.07, 6.45) is 5.00. The number of rotatable bonds is 3. The van der Waals surface area contributed by atoms with Gasteiger partial charge in [0.25, 0.3) is 0 Å². The van der Waals surface area contributed by atoms with E-state index >= 15 is 0 Å². The second-order valence-corrected chi connectivity index (χ2v) is 3.82. The van der Waals surface area contributed by atoms with Crippen molar-refractivity contribution in [3.63, 3.8) is 0 Å². The van der Waals surface area contributed by atoms with E-state index in [-0.39, 0.29) is 0 Å². The quantitative estimate of drug-likeness (QED) is 0.566. The first-order chi connectivity index (χ1) is 7.79. The molecule has 1 heterocycles. The van der Waals surface area contributed by atoms with E-state index in [1.165, 1.54) is 0 Å². The molecule has 2 nitrogen and oxygen atoms in total. The molecule has 0 aliphatic heterocycles. The van der Waals surface area contributed by atoms with Gasteiger partial charge in [-0.05, 0) is 25.5 Å². The highest BCUT2D eigenvalue weighted by Gasteiger charge is 2.11. The summed E-state index contributed by atoms with van der Waals surface area (Å²) in [5, 5.41) is 1.16. The van der Waals surface area contributed by atoms with Crippen LogP contribution >= 0.6 is 0 Å². The van der Waals surface area contributed by atoms with Crippen LogP contribution in [0.2, 0.25) is 0 Å². The van der Waals surface area contributed by atoms with Crippen molar-refractivity contribution in [2.24, 2.45) is 0 Å². The largest absolute Gasteiger partial charge is 0.334 e. The average Bonchev–Trinajstić information content (AvgIpc) is 2.60. The normalized spacial score (nSPS) is 11.4. The zero-order valence-corrected chi connectivity index (χ0v) is 9.60. The van der Waals surface area contributed by atoms with Crippen LogP contribution in [0.5, 0.6) is 0 Å². The topological polar surface area (TPSA) is 22.0 Å². The van der Waals surface area contributed by atoms with Gasteiger partial charge in [0.05, 0.1) is 5.69 Å². The van der Waals surface area contributed by atoms with Gasteiger partial charge in [-0.1, -0.05) is 30.4 Å². The first-order valence-electron chi connectivity index (χ1n) is 5.43. The van der Waals surface area contributed by atoms with Crippen LogP contribution < -0.4 is 0 Å². The van der Waals surface area contributed by atoms with Crippen LogP contribution in [-0.4, -0.2) is 10.9 Å². The smallest absolute Gasteiger partial charge is 0.166 e. The van der Waals surface area contributed by atoms with E-state index < -0.39 is 0 Å². The first-order valence-corrected chi connectivity index (χ1v) is 5.43. The number of aldehydes is 1. The van der Waals surface area contributed by atoms with Crippen molar-refractivity contribution in [1.82, 2.24) is 4.57 Å². The Morgan fingerprint density at radius 3 is 2.75 bits per heavy atom. The number of hydrogen-bond acceptors (Lipinski definition) is 1. The molecule has 2 rings (SSSR count). The highest BCUT2D eigenvalue weighted by molar-refractivity contribution is 5.93. The number of aryl methyl sites for hydroxylation is 1. The van der Waals surface area contributed by atoms with Crippen molar-refractivity contribution in [1.29, 1.82) is 0 Å². The molecule has 0 atom stereocenters. The summed E-state index contributed by atoms with van der Waals surface area (Å²) in [4.78, 5) is 11.1. The van der Waals surface area contributed by atoms with Gasteiger partial charge in [0.2, 0.25) is 0 Å². The summed E-state index contributed by atoms with van der Waals surface area (Å²) in [6.45, 7) is 4.73. The maximum Gasteiger partial charge on any atom is 0.166 e. The van der Waals surface area contributed by atoms with E-state index in [0.29, 0.717) is 0 Å². The lowest BCUT2D eigenvalue weighted by atomic mass is 10.2. The highest BCUT2D eigenvalue weighted by Crippen LogP contribution is 2.24. The molecule has 0 spiro atoms. The average molecular weight is 213 g/mol. The number of carbonyl (C=O) groups excluding carboxylic acids is 1. The summed E-state index contributed by atoms with van der Waals surface area (Å²) >= 11 is 0. The second-order valence-electron chi connectivity index (χ2n) is 3.82. The summed E-state index contributed by atoms with van der Waals surface area (Å²) in [6, 6.07) is 8.12. The third-order valence-corrected chi connectivity index (χ3v) is 2.91. The molecule has 0 radical (unpaired) electrons. The minimum atomic E-state index is 0.749. The van der Waals surface area contributed by atoms with E-state index in [0.717, 1.165) is 35.0 Å². The van der Waals surface area contributed by atoms with Gasteiger partial charge in [-0.3, -0.25) is 4.79 Å². The minimum Gasteiger partial charge on any atom is -0.334 e. The molecule has 0 amide bonds. The molecule has 0 N–H and O–H groups in total. The Morgan fingerprint density at radius 2 is 2.06 bits per heavy atom. The van der Waals surface area contributed by atoms with Crippen LogP contribution in [-0.2, 0) is 6.54 Å². The Bertz CT molecular complexity index is 549. The number of aromatic nitrogens is 1. The summed E-state index contributed by atoms with van der Waals surface area (Å²) < 4.78 is 2.05.